The van der Waals surface area contributed by atoms with Crippen molar-refractivity contribution in [1.29, 1.82) is 0 Å². The van der Waals surface area contributed by atoms with Crippen LogP contribution in [-0.4, -0.2) is 13.1 Å². The lowest BCUT2D eigenvalue weighted by Crippen LogP contribution is -2.44. The molecule has 0 radical (unpaired) electrons. The molecule has 0 bridgehead atoms. The Bertz CT molecular complexity index is 365. The Morgan fingerprint density at radius 3 is 2.05 bits per heavy atom. The largest absolute Gasteiger partial charge is 0.316 e. The van der Waals surface area contributed by atoms with Crippen molar-refractivity contribution in [2.45, 2.75) is 58.4 Å². The molecule has 1 N–H and O–H groups in total. The van der Waals surface area contributed by atoms with Crippen LogP contribution in [0.1, 0.15) is 52.5 Å². The number of halogens is 1. The lowest BCUT2D eigenvalue weighted by atomic mass is 9.74. The molecule has 1 rings (SSSR count). The van der Waals surface area contributed by atoms with Crippen LogP contribution in [0.15, 0.2) is 24.3 Å². The maximum absolute atomic E-state index is 13.1. The van der Waals surface area contributed by atoms with Crippen molar-refractivity contribution in [2.75, 3.05) is 7.05 Å². The van der Waals surface area contributed by atoms with Gasteiger partial charge in [-0.25, -0.2) is 4.39 Å². The van der Waals surface area contributed by atoms with Crippen molar-refractivity contribution in [2.24, 2.45) is 5.92 Å². The van der Waals surface area contributed by atoms with E-state index >= 15 is 0 Å². The van der Waals surface area contributed by atoms with Crippen LogP contribution in [0.2, 0.25) is 0 Å². The van der Waals surface area contributed by atoms with Gasteiger partial charge in [0.25, 0.3) is 0 Å². The second-order valence-electron chi connectivity index (χ2n) is 5.99. The number of rotatable bonds is 7. The molecule has 0 saturated heterocycles. The minimum absolute atomic E-state index is 0.00500. The minimum Gasteiger partial charge on any atom is -0.316 e. The first-order chi connectivity index (χ1) is 8.95. The molecule has 0 saturated carbocycles. The molecule has 0 amide bonds. The van der Waals surface area contributed by atoms with E-state index in [1.165, 1.54) is 18.4 Å². The van der Waals surface area contributed by atoms with E-state index in [1.807, 2.05) is 19.2 Å². The Morgan fingerprint density at radius 2 is 1.63 bits per heavy atom. The number of nitrogens with one attached hydrogen (secondary N) is 1. The molecule has 1 unspecified atom stereocenters. The van der Waals surface area contributed by atoms with Gasteiger partial charge in [-0.15, -0.1) is 0 Å². The van der Waals surface area contributed by atoms with Crippen molar-refractivity contribution in [3.8, 4) is 0 Å². The molecule has 0 heterocycles. The average molecular weight is 265 g/mol. The molecule has 1 aromatic carbocycles. The molecular weight excluding hydrogens is 237 g/mol. The molecular formula is C17H28FN. The molecule has 0 spiro atoms. The quantitative estimate of drug-likeness (QED) is 0.764. The number of likely N-dealkylation sites (N-methyl/N-ethyl adjacent to an activating group) is 1. The summed E-state index contributed by atoms with van der Waals surface area (Å²) in [4.78, 5) is 0. The molecule has 108 valence electrons. The zero-order valence-corrected chi connectivity index (χ0v) is 13.0. The topological polar surface area (TPSA) is 12.0 Å². The smallest absolute Gasteiger partial charge is 0.123 e. The molecule has 1 nitrogen and oxygen atoms in total. The normalized spacial score (nSPS) is 13.8. The monoisotopic (exact) mass is 265 g/mol. The van der Waals surface area contributed by atoms with Crippen molar-refractivity contribution in [1.82, 2.24) is 5.32 Å². The fourth-order valence-corrected chi connectivity index (χ4v) is 2.81. The molecule has 2 heteroatoms. The summed E-state index contributed by atoms with van der Waals surface area (Å²) >= 11 is 0. The van der Waals surface area contributed by atoms with Crippen LogP contribution in [0.4, 0.5) is 4.39 Å². The Hall–Kier alpha value is -0.890. The maximum Gasteiger partial charge on any atom is 0.123 e. The van der Waals surface area contributed by atoms with E-state index in [-0.39, 0.29) is 11.2 Å². The zero-order chi connectivity index (χ0) is 14.5. The van der Waals surface area contributed by atoms with E-state index in [0.717, 1.165) is 12.3 Å². The lowest BCUT2D eigenvalue weighted by molar-refractivity contribution is 0.283. The highest BCUT2D eigenvalue weighted by Gasteiger charge is 2.31. The van der Waals surface area contributed by atoms with Crippen LogP contribution in [-0.2, 0) is 5.41 Å². The lowest BCUT2D eigenvalue weighted by Gasteiger charge is -2.37. The zero-order valence-electron chi connectivity index (χ0n) is 13.0. The Morgan fingerprint density at radius 1 is 1.11 bits per heavy atom. The van der Waals surface area contributed by atoms with Gasteiger partial charge < -0.3 is 5.32 Å². The van der Waals surface area contributed by atoms with E-state index < -0.39 is 0 Å². The average Bonchev–Trinajstić information content (AvgIpc) is 2.40. The predicted octanol–water partition coefficient (Wildman–Crippen LogP) is 4.52. The van der Waals surface area contributed by atoms with Crippen LogP contribution >= 0.6 is 0 Å². The first kappa shape index (κ1) is 16.2. The molecule has 0 aromatic heterocycles. The van der Waals surface area contributed by atoms with Crippen LogP contribution in [0.5, 0.6) is 0 Å². The first-order valence-corrected chi connectivity index (χ1v) is 7.38. The summed E-state index contributed by atoms with van der Waals surface area (Å²) in [6, 6.07) is 7.34. The van der Waals surface area contributed by atoms with Gasteiger partial charge in [0.15, 0.2) is 0 Å². The minimum atomic E-state index is -0.166. The SMILES string of the molecule is CCC(CC)CC(NC)C(C)(C)c1ccc(F)cc1. The molecule has 0 aliphatic heterocycles. The van der Waals surface area contributed by atoms with Crippen LogP contribution < -0.4 is 5.32 Å². The van der Waals surface area contributed by atoms with Crippen LogP contribution in [0.25, 0.3) is 0 Å². The van der Waals surface area contributed by atoms with Gasteiger partial charge in [0.1, 0.15) is 5.82 Å². The summed E-state index contributed by atoms with van der Waals surface area (Å²) in [6.07, 6.45) is 3.59. The molecule has 1 atom stereocenters. The summed E-state index contributed by atoms with van der Waals surface area (Å²) in [6.45, 7) is 8.99. The Balaban J connectivity index is 2.91. The van der Waals surface area contributed by atoms with Crippen LogP contribution in [0, 0.1) is 11.7 Å². The Kier molecular flexibility index (Phi) is 5.99. The van der Waals surface area contributed by atoms with Gasteiger partial charge in [-0.2, -0.15) is 0 Å². The van der Waals surface area contributed by atoms with E-state index in [2.05, 4.69) is 33.0 Å². The molecule has 0 aliphatic rings. The summed E-state index contributed by atoms with van der Waals surface area (Å²) in [5, 5.41) is 3.46. The third-order valence-corrected chi connectivity index (χ3v) is 4.53. The van der Waals surface area contributed by atoms with Crippen molar-refractivity contribution in [3.63, 3.8) is 0 Å². The summed E-state index contributed by atoms with van der Waals surface area (Å²) in [5.74, 6) is 0.581. The molecule has 0 aliphatic carbocycles. The second-order valence-corrected chi connectivity index (χ2v) is 5.99. The number of hydrogen-bond acceptors (Lipinski definition) is 1. The van der Waals surface area contributed by atoms with Gasteiger partial charge >= 0.3 is 0 Å². The first-order valence-electron chi connectivity index (χ1n) is 7.38. The van der Waals surface area contributed by atoms with Crippen molar-refractivity contribution >= 4 is 0 Å². The van der Waals surface area contributed by atoms with Crippen LogP contribution in [0.3, 0.4) is 0 Å². The highest BCUT2D eigenvalue weighted by atomic mass is 19.1. The predicted molar refractivity (Wildman–Crippen MR) is 81.0 cm³/mol. The van der Waals surface area contributed by atoms with Gasteiger partial charge in [-0.05, 0) is 37.1 Å². The van der Waals surface area contributed by atoms with Gasteiger partial charge in [-0.3, -0.25) is 0 Å². The third kappa shape index (κ3) is 4.04. The fourth-order valence-electron chi connectivity index (χ4n) is 2.81. The summed E-state index contributed by atoms with van der Waals surface area (Å²) in [7, 11) is 2.03. The Labute approximate surface area is 117 Å². The fraction of sp³-hybridized carbons (Fsp3) is 0.647. The van der Waals surface area contributed by atoms with Crippen molar-refractivity contribution < 1.29 is 4.39 Å². The standard InChI is InChI=1S/C17H28FN/c1-6-13(7-2)12-16(19-5)17(3,4)14-8-10-15(18)11-9-14/h8-11,13,16,19H,6-7,12H2,1-5H3. The molecule has 19 heavy (non-hydrogen) atoms. The van der Waals surface area contributed by atoms with E-state index in [0.29, 0.717) is 6.04 Å². The number of benzene rings is 1. The van der Waals surface area contributed by atoms with Gasteiger partial charge in [-0.1, -0.05) is 52.7 Å². The van der Waals surface area contributed by atoms with E-state index in [9.17, 15) is 4.39 Å². The molecule has 1 aromatic rings. The summed E-state index contributed by atoms with van der Waals surface area (Å²) < 4.78 is 13.1. The van der Waals surface area contributed by atoms with E-state index in [4.69, 9.17) is 0 Å². The number of hydrogen-bond donors (Lipinski definition) is 1. The van der Waals surface area contributed by atoms with E-state index in [1.54, 1.807) is 12.1 Å². The highest BCUT2D eigenvalue weighted by molar-refractivity contribution is 5.26. The molecule has 0 fully saturated rings. The summed E-state index contributed by atoms with van der Waals surface area (Å²) in [5.41, 5.74) is 1.20. The van der Waals surface area contributed by atoms with Gasteiger partial charge in [0, 0.05) is 11.5 Å². The third-order valence-electron chi connectivity index (χ3n) is 4.53. The van der Waals surface area contributed by atoms with Gasteiger partial charge in [0.05, 0.1) is 0 Å². The maximum atomic E-state index is 13.1. The highest BCUT2D eigenvalue weighted by Crippen LogP contribution is 2.31. The van der Waals surface area contributed by atoms with Gasteiger partial charge in [0.2, 0.25) is 0 Å². The second kappa shape index (κ2) is 7.04. The van der Waals surface area contributed by atoms with Crippen molar-refractivity contribution in [3.05, 3.63) is 35.6 Å².